The van der Waals surface area contributed by atoms with Crippen molar-refractivity contribution in [2.45, 2.75) is 26.2 Å². The summed E-state index contributed by atoms with van der Waals surface area (Å²) in [5, 5.41) is 17.7. The van der Waals surface area contributed by atoms with Crippen molar-refractivity contribution in [1.29, 1.82) is 0 Å². The second-order valence-corrected chi connectivity index (χ2v) is 7.26. The van der Waals surface area contributed by atoms with Crippen LogP contribution in [0.4, 0.5) is 11.6 Å². The van der Waals surface area contributed by atoms with E-state index in [0.29, 0.717) is 16.5 Å². The summed E-state index contributed by atoms with van der Waals surface area (Å²) in [6.07, 6.45) is 1.54. The summed E-state index contributed by atoms with van der Waals surface area (Å²) in [5.74, 6) is -0.224. The Hall–Kier alpha value is -2.86. The summed E-state index contributed by atoms with van der Waals surface area (Å²) in [4.78, 5) is 15.6. The Kier molecular flexibility index (Phi) is 4.70. The first-order valence-electron chi connectivity index (χ1n) is 8.08. The van der Waals surface area contributed by atoms with Crippen LogP contribution >= 0.6 is 11.6 Å². The lowest BCUT2D eigenvalue weighted by molar-refractivity contribution is 0.0697. The summed E-state index contributed by atoms with van der Waals surface area (Å²) >= 11 is 6.34. The zero-order valence-corrected chi connectivity index (χ0v) is 15.4. The predicted octanol–water partition coefficient (Wildman–Crippen LogP) is 4.66. The molecule has 0 aliphatic heterocycles. The molecule has 0 aliphatic rings. The van der Waals surface area contributed by atoms with Crippen LogP contribution in [0.25, 0.3) is 5.69 Å². The van der Waals surface area contributed by atoms with Gasteiger partial charge >= 0.3 is 5.97 Å². The van der Waals surface area contributed by atoms with E-state index in [2.05, 4.69) is 36.2 Å². The summed E-state index contributed by atoms with van der Waals surface area (Å²) in [6, 6.07) is 12.3. The molecule has 0 unspecified atom stereocenters. The number of hydrogen-bond acceptors (Lipinski definition) is 4. The molecule has 0 aliphatic carbocycles. The summed E-state index contributed by atoms with van der Waals surface area (Å²) in [6.45, 7) is 6.17. The highest BCUT2D eigenvalue weighted by Crippen LogP contribution is 2.30. The molecule has 0 saturated carbocycles. The van der Waals surface area contributed by atoms with Gasteiger partial charge in [0.25, 0.3) is 0 Å². The van der Waals surface area contributed by atoms with E-state index < -0.39 is 5.97 Å². The van der Waals surface area contributed by atoms with Gasteiger partial charge in [0.1, 0.15) is 17.2 Å². The van der Waals surface area contributed by atoms with Gasteiger partial charge in [0.15, 0.2) is 0 Å². The number of halogens is 1. The first-order valence-corrected chi connectivity index (χ1v) is 8.46. The molecule has 0 atom stereocenters. The number of nitrogens with zero attached hydrogens (tertiary/aromatic N) is 3. The molecule has 3 rings (SSSR count). The Balaban J connectivity index is 2.14. The van der Waals surface area contributed by atoms with Gasteiger partial charge in [-0.1, -0.05) is 44.5 Å². The first-order chi connectivity index (χ1) is 12.3. The fourth-order valence-electron chi connectivity index (χ4n) is 2.44. The number of aromatic nitrogens is 3. The van der Waals surface area contributed by atoms with E-state index in [-0.39, 0.29) is 16.8 Å². The maximum atomic E-state index is 11.5. The van der Waals surface area contributed by atoms with Crippen molar-refractivity contribution in [1.82, 2.24) is 14.8 Å². The maximum Gasteiger partial charge on any atom is 0.339 e. The van der Waals surface area contributed by atoms with Gasteiger partial charge in [-0.2, -0.15) is 5.10 Å². The van der Waals surface area contributed by atoms with E-state index in [1.54, 1.807) is 16.8 Å². The van der Waals surface area contributed by atoms with E-state index in [0.717, 1.165) is 5.69 Å². The van der Waals surface area contributed by atoms with Gasteiger partial charge in [0.2, 0.25) is 0 Å². The number of aromatic carboxylic acids is 1. The lowest BCUT2D eigenvalue weighted by Crippen LogP contribution is -2.12. The lowest BCUT2D eigenvalue weighted by atomic mass is 9.92. The molecule has 2 heterocycles. The van der Waals surface area contributed by atoms with Crippen molar-refractivity contribution < 1.29 is 9.90 Å². The molecule has 1 aromatic carbocycles. The van der Waals surface area contributed by atoms with Crippen molar-refractivity contribution in [2.24, 2.45) is 0 Å². The number of carboxylic acid groups (broad SMARTS) is 1. The topological polar surface area (TPSA) is 80.0 Å². The van der Waals surface area contributed by atoms with Crippen LogP contribution in [-0.2, 0) is 5.41 Å². The molecule has 6 nitrogen and oxygen atoms in total. The second-order valence-electron chi connectivity index (χ2n) is 6.86. The largest absolute Gasteiger partial charge is 0.478 e. The number of carboxylic acids is 1. The number of rotatable bonds is 4. The molecule has 0 saturated heterocycles. The number of anilines is 2. The van der Waals surface area contributed by atoms with Crippen LogP contribution < -0.4 is 5.32 Å². The van der Waals surface area contributed by atoms with Crippen LogP contribution in [0.3, 0.4) is 0 Å². The quantitative estimate of drug-likeness (QED) is 0.698. The highest BCUT2D eigenvalue weighted by Gasteiger charge is 2.22. The fourth-order valence-corrected chi connectivity index (χ4v) is 2.66. The van der Waals surface area contributed by atoms with Gasteiger partial charge in [-0.15, -0.1) is 0 Å². The number of pyridine rings is 1. The highest BCUT2D eigenvalue weighted by atomic mass is 35.5. The minimum atomic E-state index is -1.06. The molecule has 0 amide bonds. The Morgan fingerprint density at radius 2 is 1.92 bits per heavy atom. The fraction of sp³-hybridized carbons (Fsp3) is 0.211. The third kappa shape index (κ3) is 3.55. The van der Waals surface area contributed by atoms with Gasteiger partial charge in [0, 0.05) is 17.7 Å². The average molecular weight is 371 g/mol. The van der Waals surface area contributed by atoms with Crippen molar-refractivity contribution in [3.05, 3.63) is 64.9 Å². The third-order valence-corrected chi connectivity index (χ3v) is 4.16. The standard InChI is InChI=1S/C19H19ClN4O2/c1-19(2,3)15-11-16(22-17-12(18(25)26)7-6-10-21-17)24(23-15)14-9-5-4-8-13(14)20/h4-11H,1-3H3,(H,21,22)(H,25,26). The smallest absolute Gasteiger partial charge is 0.339 e. The van der Waals surface area contributed by atoms with Gasteiger partial charge < -0.3 is 10.4 Å². The van der Waals surface area contributed by atoms with Gasteiger partial charge in [-0.3, -0.25) is 0 Å². The van der Waals surface area contributed by atoms with E-state index in [1.807, 2.05) is 24.3 Å². The van der Waals surface area contributed by atoms with Crippen molar-refractivity contribution >= 4 is 29.2 Å². The van der Waals surface area contributed by atoms with Crippen molar-refractivity contribution in [2.75, 3.05) is 5.32 Å². The van der Waals surface area contributed by atoms with E-state index >= 15 is 0 Å². The van der Waals surface area contributed by atoms with E-state index in [9.17, 15) is 9.90 Å². The first kappa shape index (κ1) is 17.9. The second kappa shape index (κ2) is 6.80. The predicted molar refractivity (Wildman–Crippen MR) is 102 cm³/mol. The van der Waals surface area contributed by atoms with Crippen molar-refractivity contribution in [3.8, 4) is 5.69 Å². The molecule has 0 fully saturated rings. The number of nitrogens with one attached hydrogen (secondary N) is 1. The number of carbonyl (C=O) groups is 1. The molecule has 2 N–H and O–H groups in total. The highest BCUT2D eigenvalue weighted by molar-refractivity contribution is 6.32. The van der Waals surface area contributed by atoms with E-state index in [4.69, 9.17) is 11.6 Å². The molecule has 134 valence electrons. The molecule has 2 aromatic heterocycles. The molecular weight excluding hydrogens is 352 g/mol. The maximum absolute atomic E-state index is 11.5. The van der Waals surface area contributed by atoms with Crippen LogP contribution in [0.2, 0.25) is 5.02 Å². The Morgan fingerprint density at radius 3 is 2.58 bits per heavy atom. The number of para-hydroxylation sites is 1. The summed E-state index contributed by atoms with van der Waals surface area (Å²) < 4.78 is 1.67. The van der Waals surface area contributed by atoms with Crippen LogP contribution in [-0.4, -0.2) is 25.8 Å². The third-order valence-electron chi connectivity index (χ3n) is 3.84. The SMILES string of the molecule is CC(C)(C)c1cc(Nc2ncccc2C(=O)O)n(-c2ccccc2Cl)n1. The number of hydrogen-bond donors (Lipinski definition) is 2. The zero-order chi connectivity index (χ0) is 18.9. The van der Waals surface area contributed by atoms with Gasteiger partial charge in [-0.05, 0) is 24.3 Å². The number of benzene rings is 1. The molecule has 0 spiro atoms. The van der Waals surface area contributed by atoms with Crippen molar-refractivity contribution in [3.63, 3.8) is 0 Å². The van der Waals surface area contributed by atoms with Crippen LogP contribution in [0.15, 0.2) is 48.7 Å². The Morgan fingerprint density at radius 1 is 1.19 bits per heavy atom. The van der Waals surface area contributed by atoms with E-state index in [1.165, 1.54) is 12.3 Å². The molecule has 0 bridgehead atoms. The van der Waals surface area contributed by atoms with Crippen LogP contribution in [0, 0.1) is 0 Å². The Bertz CT molecular complexity index is 960. The Labute approximate surface area is 156 Å². The molecule has 26 heavy (non-hydrogen) atoms. The van der Waals surface area contributed by atoms with Crippen LogP contribution in [0.1, 0.15) is 36.8 Å². The normalized spacial score (nSPS) is 11.4. The molecular formula is C19H19ClN4O2. The van der Waals surface area contributed by atoms with Crippen LogP contribution in [0.5, 0.6) is 0 Å². The zero-order valence-electron chi connectivity index (χ0n) is 14.7. The monoisotopic (exact) mass is 370 g/mol. The van der Waals surface area contributed by atoms with Gasteiger partial charge in [0.05, 0.1) is 16.4 Å². The summed E-state index contributed by atoms with van der Waals surface area (Å²) in [7, 11) is 0. The minimum absolute atomic E-state index is 0.0803. The van der Waals surface area contributed by atoms with Gasteiger partial charge in [-0.25, -0.2) is 14.5 Å². The molecule has 3 aromatic rings. The average Bonchev–Trinajstić information content (AvgIpc) is 2.99. The minimum Gasteiger partial charge on any atom is -0.478 e. The molecule has 7 heteroatoms. The summed E-state index contributed by atoms with van der Waals surface area (Å²) in [5.41, 5.74) is 1.42. The molecule has 0 radical (unpaired) electrons. The lowest BCUT2D eigenvalue weighted by Gasteiger charge is -2.14.